The van der Waals surface area contributed by atoms with Crippen LogP contribution < -0.4 is 15.4 Å². The van der Waals surface area contributed by atoms with E-state index in [-0.39, 0.29) is 12.6 Å². The molecule has 0 atom stereocenters. The maximum Gasteiger partial charge on any atom is 0.324 e. The third-order valence-corrected chi connectivity index (χ3v) is 7.38. The van der Waals surface area contributed by atoms with E-state index in [1.165, 1.54) is 0 Å². The van der Waals surface area contributed by atoms with Gasteiger partial charge in [-0.25, -0.2) is 9.48 Å². The summed E-state index contributed by atoms with van der Waals surface area (Å²) in [7, 11) is 0. The van der Waals surface area contributed by atoms with Crippen molar-refractivity contribution in [3.05, 3.63) is 78.0 Å². The first-order valence-electron chi connectivity index (χ1n) is 13.6. The number of fused-ring (bicyclic) bond motifs is 1. The highest BCUT2D eigenvalue weighted by atomic mass is 16.5. The molecule has 3 aromatic carbocycles. The second-order valence-corrected chi connectivity index (χ2v) is 10.7. The van der Waals surface area contributed by atoms with Gasteiger partial charge in [0.15, 0.2) is 0 Å². The Bertz CT molecular complexity index is 1480. The summed E-state index contributed by atoms with van der Waals surface area (Å²) in [5.41, 5.74) is 3.19. The average Bonchev–Trinajstić information content (AvgIpc) is 3.42. The Balaban J connectivity index is 1.30. The summed E-state index contributed by atoms with van der Waals surface area (Å²) in [6.07, 6.45) is 1.64. The Morgan fingerprint density at radius 1 is 1.05 bits per heavy atom. The number of amides is 2. The number of aryl methyl sites for hydroxylation is 1. The number of ether oxygens (including phenoxy) is 2. The number of nitrogens with one attached hydrogen (secondary N) is 2. The number of carbonyl (C=O) groups excluding carboxylic acids is 1. The quantitative estimate of drug-likeness (QED) is 0.276. The highest BCUT2D eigenvalue weighted by molar-refractivity contribution is 6.07. The minimum absolute atomic E-state index is 0.0234. The van der Waals surface area contributed by atoms with Crippen LogP contribution in [0.1, 0.15) is 25.0 Å². The first-order valence-corrected chi connectivity index (χ1v) is 13.6. The van der Waals surface area contributed by atoms with Gasteiger partial charge in [-0.1, -0.05) is 44.2 Å². The van der Waals surface area contributed by atoms with Crippen molar-refractivity contribution in [2.24, 2.45) is 0 Å². The fraction of sp³-hybridized carbons (Fsp3) is 0.355. The van der Waals surface area contributed by atoms with Crippen molar-refractivity contribution in [2.45, 2.75) is 26.2 Å². The van der Waals surface area contributed by atoms with Crippen LogP contribution in [0.5, 0.6) is 5.75 Å². The van der Waals surface area contributed by atoms with Gasteiger partial charge in [0.1, 0.15) is 18.2 Å². The number of carbonyl (C=O) groups is 1. The maximum atomic E-state index is 13.1. The number of hydrogen-bond donors (Lipinski definition) is 3. The van der Waals surface area contributed by atoms with Crippen LogP contribution in [-0.2, 0) is 10.2 Å². The molecule has 0 unspecified atom stereocenters. The molecule has 40 heavy (non-hydrogen) atoms. The molecule has 0 spiro atoms. The second kappa shape index (κ2) is 12.1. The van der Waals surface area contributed by atoms with Crippen molar-refractivity contribution >= 4 is 28.3 Å². The Labute approximate surface area is 234 Å². The number of hydrogen-bond acceptors (Lipinski definition) is 6. The van der Waals surface area contributed by atoms with Crippen molar-refractivity contribution in [3.63, 3.8) is 0 Å². The molecule has 1 fully saturated rings. The van der Waals surface area contributed by atoms with Gasteiger partial charge in [0.2, 0.25) is 0 Å². The summed E-state index contributed by atoms with van der Waals surface area (Å²) < 4.78 is 13.2. The number of urea groups is 1. The molecule has 2 heterocycles. The van der Waals surface area contributed by atoms with E-state index in [9.17, 15) is 9.90 Å². The summed E-state index contributed by atoms with van der Waals surface area (Å²) in [4.78, 5) is 15.5. The summed E-state index contributed by atoms with van der Waals surface area (Å²) in [6, 6.07) is 19.0. The van der Waals surface area contributed by atoms with E-state index >= 15 is 0 Å². The molecule has 0 aliphatic carbocycles. The largest absolute Gasteiger partial charge is 0.492 e. The molecule has 210 valence electrons. The van der Waals surface area contributed by atoms with Gasteiger partial charge in [-0.15, -0.1) is 0 Å². The molecule has 9 nitrogen and oxygen atoms in total. The van der Waals surface area contributed by atoms with E-state index in [2.05, 4.69) is 20.6 Å². The van der Waals surface area contributed by atoms with Gasteiger partial charge in [-0.05, 0) is 42.3 Å². The van der Waals surface area contributed by atoms with E-state index in [0.717, 1.165) is 66.2 Å². The van der Waals surface area contributed by atoms with E-state index in [1.54, 1.807) is 16.9 Å². The monoisotopic (exact) mass is 543 g/mol. The van der Waals surface area contributed by atoms with Gasteiger partial charge >= 0.3 is 6.03 Å². The smallest absolute Gasteiger partial charge is 0.324 e. The zero-order valence-electron chi connectivity index (χ0n) is 23.3. The fourth-order valence-electron chi connectivity index (χ4n) is 5.05. The predicted molar refractivity (Wildman–Crippen MR) is 158 cm³/mol. The van der Waals surface area contributed by atoms with Crippen LogP contribution in [0.25, 0.3) is 16.5 Å². The number of aliphatic hydroxyl groups is 1. The van der Waals surface area contributed by atoms with Crippen molar-refractivity contribution in [1.29, 1.82) is 0 Å². The molecule has 0 saturated carbocycles. The van der Waals surface area contributed by atoms with Crippen LogP contribution in [0.3, 0.4) is 0 Å². The van der Waals surface area contributed by atoms with Gasteiger partial charge < -0.3 is 19.9 Å². The van der Waals surface area contributed by atoms with Crippen molar-refractivity contribution < 1.29 is 19.4 Å². The summed E-state index contributed by atoms with van der Waals surface area (Å²) in [5, 5.41) is 22.1. The molecule has 5 rings (SSSR count). The molecular formula is C31H37N5O4. The molecule has 1 aliphatic heterocycles. The number of aliphatic hydroxyl groups excluding tert-OH is 1. The summed E-state index contributed by atoms with van der Waals surface area (Å²) in [5.74, 6) is 1.32. The Morgan fingerprint density at radius 3 is 2.60 bits per heavy atom. The van der Waals surface area contributed by atoms with E-state index in [0.29, 0.717) is 18.1 Å². The lowest BCUT2D eigenvalue weighted by Crippen LogP contribution is -2.38. The van der Waals surface area contributed by atoms with Crippen molar-refractivity contribution in [3.8, 4) is 11.4 Å². The lowest BCUT2D eigenvalue weighted by Gasteiger charge is -2.26. The van der Waals surface area contributed by atoms with Gasteiger partial charge in [0.05, 0.1) is 37.4 Å². The highest BCUT2D eigenvalue weighted by Gasteiger charge is 2.23. The fourth-order valence-corrected chi connectivity index (χ4v) is 5.05. The van der Waals surface area contributed by atoms with Crippen molar-refractivity contribution in [2.75, 3.05) is 56.7 Å². The number of rotatable bonds is 9. The van der Waals surface area contributed by atoms with Gasteiger partial charge in [-0.3, -0.25) is 10.2 Å². The molecule has 0 bridgehead atoms. The first-order chi connectivity index (χ1) is 19.4. The zero-order valence-corrected chi connectivity index (χ0v) is 23.3. The minimum Gasteiger partial charge on any atom is -0.492 e. The average molecular weight is 544 g/mol. The number of aromatic nitrogens is 2. The molecule has 1 aromatic heterocycles. The second-order valence-electron chi connectivity index (χ2n) is 10.7. The van der Waals surface area contributed by atoms with E-state index in [4.69, 9.17) is 9.47 Å². The minimum atomic E-state index is -0.405. The normalized spacial score (nSPS) is 14.3. The molecular weight excluding hydrogens is 506 g/mol. The van der Waals surface area contributed by atoms with E-state index in [1.807, 2.05) is 75.4 Å². The molecule has 4 aromatic rings. The molecule has 1 saturated heterocycles. The third-order valence-electron chi connectivity index (χ3n) is 7.38. The lowest BCUT2D eigenvalue weighted by atomic mass is 9.82. The molecule has 1 aliphatic rings. The standard InChI is InChI=1S/C31H37N5O4/c1-22-8-9-23(20-26(22)31(2,3)21-37)36-29(12-13-32-36)34-30(38)33-27-10-11-28(25-7-5-4-6-24(25)27)40-19-16-35-14-17-39-18-15-35/h4-13,20,37H,14-19,21H2,1-3H3,(H2,33,34,38). The molecule has 3 N–H and O–H groups in total. The van der Waals surface area contributed by atoms with Crippen molar-refractivity contribution in [1.82, 2.24) is 14.7 Å². The van der Waals surface area contributed by atoms with E-state index < -0.39 is 5.41 Å². The maximum absolute atomic E-state index is 13.1. The SMILES string of the molecule is Cc1ccc(-n2nccc2NC(=O)Nc2ccc(OCCN3CCOCC3)c3ccccc23)cc1C(C)(C)CO. The molecule has 0 radical (unpaired) electrons. The van der Waals surface area contributed by atoms with Crippen LogP contribution in [-0.4, -0.2) is 71.9 Å². The van der Waals surface area contributed by atoms with Crippen LogP contribution in [0.15, 0.2) is 66.9 Å². The number of anilines is 2. The Morgan fingerprint density at radius 2 is 1.82 bits per heavy atom. The van der Waals surface area contributed by atoms with Gasteiger partial charge in [0, 0.05) is 41.9 Å². The molecule has 2 amide bonds. The Hall–Kier alpha value is -3.92. The number of benzene rings is 3. The van der Waals surface area contributed by atoms with Crippen LogP contribution >= 0.6 is 0 Å². The van der Waals surface area contributed by atoms with Gasteiger partial charge in [0.25, 0.3) is 0 Å². The summed E-state index contributed by atoms with van der Waals surface area (Å²) >= 11 is 0. The highest BCUT2D eigenvalue weighted by Crippen LogP contribution is 2.32. The van der Waals surface area contributed by atoms with Gasteiger partial charge in [-0.2, -0.15) is 5.10 Å². The number of morpholine rings is 1. The number of nitrogens with zero attached hydrogens (tertiary/aromatic N) is 3. The topological polar surface area (TPSA) is 101 Å². The van der Waals surface area contributed by atoms with Crippen LogP contribution in [0.2, 0.25) is 0 Å². The zero-order chi connectivity index (χ0) is 28.1. The predicted octanol–water partition coefficient (Wildman–Crippen LogP) is 4.96. The van der Waals surface area contributed by atoms with Crippen LogP contribution in [0.4, 0.5) is 16.3 Å². The third kappa shape index (κ3) is 6.12. The Kier molecular flexibility index (Phi) is 8.35. The summed E-state index contributed by atoms with van der Waals surface area (Å²) in [6.45, 7) is 10.8. The first kappa shape index (κ1) is 27.6. The van der Waals surface area contributed by atoms with Crippen LogP contribution in [0, 0.1) is 6.92 Å². The lowest BCUT2D eigenvalue weighted by molar-refractivity contribution is 0.0323. The molecule has 9 heteroatoms.